The van der Waals surface area contributed by atoms with Crippen molar-refractivity contribution in [3.8, 4) is 0 Å². The Labute approximate surface area is 144 Å². The van der Waals surface area contributed by atoms with Gasteiger partial charge in [-0.05, 0) is 80.1 Å². The number of rotatable bonds is 1. The van der Waals surface area contributed by atoms with Gasteiger partial charge < -0.3 is 5.11 Å². The summed E-state index contributed by atoms with van der Waals surface area (Å²) in [6.45, 7) is 6.29. The first-order valence-corrected chi connectivity index (χ1v) is 9.70. The van der Waals surface area contributed by atoms with Gasteiger partial charge in [0.25, 0.3) is 0 Å². The molecule has 3 saturated carbocycles. The SMILES string of the molecule is CC(=O)[C@H]1[C@H](O)C[C@@H]2[C@H]3CCC4=CC(=O)CC[C@]4(C)[C@@H]3CC[C@@]21C. The van der Waals surface area contributed by atoms with E-state index >= 15 is 0 Å². The molecule has 132 valence electrons. The molecule has 0 aromatic heterocycles. The Morgan fingerprint density at radius 1 is 1.17 bits per heavy atom. The van der Waals surface area contributed by atoms with Gasteiger partial charge in [-0.2, -0.15) is 0 Å². The van der Waals surface area contributed by atoms with E-state index in [1.165, 1.54) is 5.57 Å². The monoisotopic (exact) mass is 330 g/mol. The summed E-state index contributed by atoms with van der Waals surface area (Å²) in [5.41, 5.74) is 1.51. The number of hydrogen-bond donors (Lipinski definition) is 1. The fourth-order valence-corrected chi connectivity index (χ4v) is 7.31. The van der Waals surface area contributed by atoms with Crippen LogP contribution in [0.15, 0.2) is 11.6 Å². The number of aliphatic hydroxyl groups excluding tert-OH is 1. The van der Waals surface area contributed by atoms with E-state index in [1.54, 1.807) is 6.92 Å². The van der Waals surface area contributed by atoms with Crippen molar-refractivity contribution in [3.05, 3.63) is 11.6 Å². The fourth-order valence-electron chi connectivity index (χ4n) is 7.31. The maximum atomic E-state index is 12.2. The van der Waals surface area contributed by atoms with Crippen molar-refractivity contribution in [1.82, 2.24) is 0 Å². The number of ketones is 2. The number of fused-ring (bicyclic) bond motifs is 5. The van der Waals surface area contributed by atoms with E-state index in [4.69, 9.17) is 0 Å². The van der Waals surface area contributed by atoms with Gasteiger partial charge >= 0.3 is 0 Å². The number of Topliss-reactive ketones (excluding diaryl/α,β-unsaturated/α-hetero) is 1. The van der Waals surface area contributed by atoms with Crippen molar-refractivity contribution < 1.29 is 14.7 Å². The van der Waals surface area contributed by atoms with Gasteiger partial charge in [-0.3, -0.25) is 9.59 Å². The van der Waals surface area contributed by atoms with Gasteiger partial charge in [-0.25, -0.2) is 0 Å². The van der Waals surface area contributed by atoms with Crippen LogP contribution in [-0.4, -0.2) is 22.8 Å². The van der Waals surface area contributed by atoms with Crippen LogP contribution in [0.1, 0.15) is 65.7 Å². The van der Waals surface area contributed by atoms with Crippen LogP contribution in [0.4, 0.5) is 0 Å². The van der Waals surface area contributed by atoms with Crippen LogP contribution in [0, 0.1) is 34.5 Å². The van der Waals surface area contributed by atoms with Crippen molar-refractivity contribution in [2.75, 3.05) is 0 Å². The second-order valence-electron chi connectivity index (χ2n) is 9.40. The first-order chi connectivity index (χ1) is 11.3. The smallest absolute Gasteiger partial charge is 0.155 e. The number of aliphatic hydroxyl groups is 1. The van der Waals surface area contributed by atoms with Crippen LogP contribution < -0.4 is 0 Å². The van der Waals surface area contributed by atoms with E-state index in [2.05, 4.69) is 13.8 Å². The summed E-state index contributed by atoms with van der Waals surface area (Å²) in [6.07, 6.45) is 8.26. The molecule has 0 spiro atoms. The minimum atomic E-state index is -0.464. The second-order valence-corrected chi connectivity index (χ2v) is 9.40. The lowest BCUT2D eigenvalue weighted by atomic mass is 9.46. The molecule has 0 amide bonds. The third-order valence-corrected chi connectivity index (χ3v) is 8.43. The third kappa shape index (κ3) is 2.06. The van der Waals surface area contributed by atoms with Gasteiger partial charge in [-0.15, -0.1) is 0 Å². The minimum Gasteiger partial charge on any atom is -0.392 e. The van der Waals surface area contributed by atoms with Gasteiger partial charge in [0.2, 0.25) is 0 Å². The van der Waals surface area contributed by atoms with Crippen LogP contribution in [-0.2, 0) is 9.59 Å². The minimum absolute atomic E-state index is 0.0333. The lowest BCUT2D eigenvalue weighted by molar-refractivity contribution is -0.131. The molecular formula is C21H30O3. The van der Waals surface area contributed by atoms with E-state index in [0.29, 0.717) is 30.0 Å². The zero-order valence-electron chi connectivity index (χ0n) is 15.2. The van der Waals surface area contributed by atoms with E-state index in [9.17, 15) is 14.7 Å². The van der Waals surface area contributed by atoms with Crippen molar-refractivity contribution >= 4 is 11.6 Å². The fraction of sp³-hybridized carbons (Fsp3) is 0.810. The molecule has 1 N–H and O–H groups in total. The average Bonchev–Trinajstić information content (AvgIpc) is 2.78. The highest BCUT2D eigenvalue weighted by Gasteiger charge is 2.62. The van der Waals surface area contributed by atoms with E-state index in [0.717, 1.165) is 38.5 Å². The molecule has 4 aliphatic rings. The largest absolute Gasteiger partial charge is 0.392 e. The Morgan fingerprint density at radius 3 is 2.62 bits per heavy atom. The Hall–Kier alpha value is -0.960. The normalized spacial score (nSPS) is 50.6. The molecule has 0 aromatic carbocycles. The Morgan fingerprint density at radius 2 is 1.92 bits per heavy atom. The molecule has 0 heterocycles. The highest BCUT2D eigenvalue weighted by atomic mass is 16.3. The Balaban J connectivity index is 1.69. The molecule has 0 aliphatic heterocycles. The van der Waals surface area contributed by atoms with Crippen LogP contribution in [0.25, 0.3) is 0 Å². The molecular weight excluding hydrogens is 300 g/mol. The Bertz CT molecular complexity index is 621. The number of carbonyl (C=O) groups excluding carboxylic acids is 2. The summed E-state index contributed by atoms with van der Waals surface area (Å²) in [6, 6.07) is 0. The maximum absolute atomic E-state index is 12.2. The summed E-state index contributed by atoms with van der Waals surface area (Å²) in [5.74, 6) is 1.95. The van der Waals surface area contributed by atoms with Gasteiger partial charge in [0.05, 0.1) is 6.10 Å². The van der Waals surface area contributed by atoms with E-state index < -0.39 is 6.10 Å². The van der Waals surface area contributed by atoms with Crippen molar-refractivity contribution in [1.29, 1.82) is 0 Å². The molecule has 24 heavy (non-hydrogen) atoms. The van der Waals surface area contributed by atoms with Crippen LogP contribution in [0.2, 0.25) is 0 Å². The summed E-state index contributed by atoms with van der Waals surface area (Å²) in [7, 11) is 0. The zero-order valence-corrected chi connectivity index (χ0v) is 15.2. The summed E-state index contributed by atoms with van der Waals surface area (Å²) < 4.78 is 0. The third-order valence-electron chi connectivity index (χ3n) is 8.43. The van der Waals surface area contributed by atoms with Crippen LogP contribution in [0.5, 0.6) is 0 Å². The molecule has 0 aromatic rings. The number of carbonyl (C=O) groups is 2. The van der Waals surface area contributed by atoms with Crippen LogP contribution >= 0.6 is 0 Å². The molecule has 0 radical (unpaired) electrons. The molecule has 3 nitrogen and oxygen atoms in total. The topological polar surface area (TPSA) is 54.4 Å². The molecule has 4 rings (SSSR count). The van der Waals surface area contributed by atoms with Gasteiger partial charge in [0.15, 0.2) is 5.78 Å². The van der Waals surface area contributed by atoms with Crippen molar-refractivity contribution in [2.24, 2.45) is 34.5 Å². The van der Waals surface area contributed by atoms with Gasteiger partial charge in [0, 0.05) is 12.3 Å². The molecule has 7 atom stereocenters. The molecule has 4 aliphatic carbocycles. The second kappa shape index (κ2) is 5.27. The van der Waals surface area contributed by atoms with Crippen molar-refractivity contribution in [3.63, 3.8) is 0 Å². The lowest BCUT2D eigenvalue weighted by Gasteiger charge is -2.57. The quantitative estimate of drug-likeness (QED) is 0.797. The molecule has 3 fully saturated rings. The summed E-state index contributed by atoms with van der Waals surface area (Å²) in [5, 5.41) is 10.6. The zero-order chi connectivity index (χ0) is 17.3. The first kappa shape index (κ1) is 16.5. The molecule has 0 bridgehead atoms. The molecule has 0 unspecified atom stereocenters. The highest BCUT2D eigenvalue weighted by Crippen LogP contribution is 2.66. The predicted molar refractivity (Wildman–Crippen MR) is 92.3 cm³/mol. The molecule has 3 heteroatoms. The molecule has 0 saturated heterocycles. The van der Waals surface area contributed by atoms with Crippen LogP contribution in [0.3, 0.4) is 0 Å². The van der Waals surface area contributed by atoms with E-state index in [1.807, 2.05) is 6.08 Å². The Kier molecular flexibility index (Phi) is 3.62. The number of hydrogen-bond acceptors (Lipinski definition) is 3. The lowest BCUT2D eigenvalue weighted by Crippen LogP contribution is -2.51. The highest BCUT2D eigenvalue weighted by molar-refractivity contribution is 5.91. The maximum Gasteiger partial charge on any atom is 0.155 e. The van der Waals surface area contributed by atoms with Gasteiger partial charge in [-0.1, -0.05) is 19.4 Å². The van der Waals surface area contributed by atoms with Crippen molar-refractivity contribution in [2.45, 2.75) is 71.8 Å². The van der Waals surface area contributed by atoms with E-state index in [-0.39, 0.29) is 22.5 Å². The standard InChI is InChI=1S/C21H30O3/c1-12(22)19-18(24)11-17-15-5-4-13-10-14(23)6-8-20(13,2)16(15)7-9-21(17,19)3/h10,15-19,24H,4-9,11H2,1-3H3/t15-,16+,17+,18+,19-,20-,21-/m0/s1. The number of allylic oxidation sites excluding steroid dienone is 1. The predicted octanol–water partition coefficient (Wildman–Crippen LogP) is 3.69. The van der Waals surface area contributed by atoms with Gasteiger partial charge in [0.1, 0.15) is 5.78 Å². The average molecular weight is 330 g/mol. The summed E-state index contributed by atoms with van der Waals surface area (Å²) >= 11 is 0. The first-order valence-electron chi connectivity index (χ1n) is 9.70. The summed E-state index contributed by atoms with van der Waals surface area (Å²) in [4.78, 5) is 24.1.